The Kier molecular flexibility index (Phi) is 4.78. The minimum absolute atomic E-state index is 0.360. The van der Waals surface area contributed by atoms with Crippen molar-refractivity contribution in [1.29, 1.82) is 0 Å². The maximum absolute atomic E-state index is 5.82. The number of hydrogen-bond acceptors (Lipinski definition) is 6. The molecule has 0 aliphatic carbocycles. The zero-order valence-electron chi connectivity index (χ0n) is 15.5. The highest BCUT2D eigenvalue weighted by Crippen LogP contribution is 2.33. The summed E-state index contributed by atoms with van der Waals surface area (Å²) in [6.45, 7) is 7.26. The largest absolute Gasteiger partial charge is 0.356 e. The molecule has 2 fully saturated rings. The first-order valence-corrected chi connectivity index (χ1v) is 9.40. The molecule has 3 heterocycles. The molecule has 2 aliphatic heterocycles. The maximum Gasteiger partial charge on any atom is 0.171 e. The number of nitrogens with one attached hydrogen (secondary N) is 1. The number of nitrogens with zero attached hydrogens (tertiary/aromatic N) is 3. The van der Waals surface area contributed by atoms with E-state index in [4.69, 9.17) is 9.47 Å². The van der Waals surface area contributed by atoms with Crippen LogP contribution in [0.15, 0.2) is 30.3 Å². The number of aryl methyl sites for hydroxylation is 2. The molecule has 1 N–H and O–H groups in total. The fraction of sp³-hybridized carbons (Fsp3) is 0.500. The lowest BCUT2D eigenvalue weighted by Crippen LogP contribution is -2.45. The minimum Gasteiger partial charge on any atom is -0.356 e. The maximum atomic E-state index is 5.82. The summed E-state index contributed by atoms with van der Waals surface area (Å²) in [4.78, 5) is 11.5. The number of anilines is 3. The molecule has 0 atom stereocenters. The molecule has 1 spiro atoms. The van der Waals surface area contributed by atoms with Crippen LogP contribution in [0.3, 0.4) is 0 Å². The molecule has 0 unspecified atom stereocenters. The van der Waals surface area contributed by atoms with Gasteiger partial charge in [-0.25, -0.2) is 9.97 Å². The number of aromatic nitrogens is 2. The Balaban J connectivity index is 1.47. The van der Waals surface area contributed by atoms with Crippen molar-refractivity contribution in [2.24, 2.45) is 0 Å². The molecule has 0 amide bonds. The molecular weight excluding hydrogens is 328 g/mol. The van der Waals surface area contributed by atoms with Crippen LogP contribution in [-0.4, -0.2) is 42.1 Å². The van der Waals surface area contributed by atoms with Gasteiger partial charge >= 0.3 is 0 Å². The zero-order chi connectivity index (χ0) is 18.0. The molecule has 2 aliphatic rings. The van der Waals surface area contributed by atoms with Gasteiger partial charge in [0.25, 0.3) is 0 Å². The van der Waals surface area contributed by atoms with Gasteiger partial charge in [-0.15, -0.1) is 0 Å². The van der Waals surface area contributed by atoms with E-state index in [9.17, 15) is 0 Å². The highest BCUT2D eigenvalue weighted by Gasteiger charge is 2.40. The first-order valence-electron chi connectivity index (χ1n) is 9.40. The monoisotopic (exact) mass is 354 g/mol. The Morgan fingerprint density at radius 1 is 1.08 bits per heavy atom. The molecule has 2 saturated heterocycles. The van der Waals surface area contributed by atoms with Crippen molar-refractivity contribution in [3.8, 4) is 0 Å². The second-order valence-corrected chi connectivity index (χ2v) is 6.93. The summed E-state index contributed by atoms with van der Waals surface area (Å²) in [5.41, 5.74) is 2.37. The van der Waals surface area contributed by atoms with Crippen LogP contribution in [0, 0.1) is 6.92 Å². The molecule has 6 heteroatoms. The third-order valence-electron chi connectivity index (χ3n) is 5.12. The van der Waals surface area contributed by atoms with Crippen molar-refractivity contribution in [3.05, 3.63) is 41.7 Å². The Morgan fingerprint density at radius 2 is 1.77 bits per heavy atom. The topological polar surface area (TPSA) is 59.5 Å². The summed E-state index contributed by atoms with van der Waals surface area (Å²) in [6, 6.07) is 10.5. The molecule has 4 rings (SSSR count). The van der Waals surface area contributed by atoms with Crippen molar-refractivity contribution in [2.45, 2.75) is 38.9 Å². The van der Waals surface area contributed by atoms with Crippen molar-refractivity contribution in [2.75, 3.05) is 36.5 Å². The van der Waals surface area contributed by atoms with Crippen LogP contribution in [0.25, 0.3) is 0 Å². The van der Waals surface area contributed by atoms with Gasteiger partial charge in [0.15, 0.2) is 5.79 Å². The van der Waals surface area contributed by atoms with Crippen molar-refractivity contribution >= 4 is 17.3 Å². The predicted molar refractivity (Wildman–Crippen MR) is 102 cm³/mol. The lowest BCUT2D eigenvalue weighted by Gasteiger charge is -2.38. The molecule has 2 aromatic rings. The van der Waals surface area contributed by atoms with Gasteiger partial charge in [-0.1, -0.05) is 19.1 Å². The molecular formula is C20H26N4O2. The molecule has 0 radical (unpaired) electrons. The van der Waals surface area contributed by atoms with Gasteiger partial charge in [-0.2, -0.15) is 0 Å². The fourth-order valence-corrected chi connectivity index (χ4v) is 3.61. The van der Waals surface area contributed by atoms with E-state index in [1.807, 2.05) is 13.0 Å². The van der Waals surface area contributed by atoms with E-state index < -0.39 is 0 Å². The van der Waals surface area contributed by atoms with Crippen LogP contribution < -0.4 is 10.2 Å². The first kappa shape index (κ1) is 17.2. The Morgan fingerprint density at radius 3 is 2.42 bits per heavy atom. The third-order valence-corrected chi connectivity index (χ3v) is 5.12. The van der Waals surface area contributed by atoms with Crippen LogP contribution in [0.5, 0.6) is 0 Å². The molecule has 0 bridgehead atoms. The number of hydrogen-bond donors (Lipinski definition) is 1. The van der Waals surface area contributed by atoms with Crippen LogP contribution in [-0.2, 0) is 15.9 Å². The Hall–Kier alpha value is -2.18. The number of ether oxygens (including phenoxy) is 2. The summed E-state index contributed by atoms with van der Waals surface area (Å²) in [7, 11) is 0. The quantitative estimate of drug-likeness (QED) is 0.908. The molecule has 1 aromatic carbocycles. The summed E-state index contributed by atoms with van der Waals surface area (Å²) >= 11 is 0. The van der Waals surface area contributed by atoms with E-state index in [0.717, 1.165) is 55.5 Å². The number of benzene rings is 1. The van der Waals surface area contributed by atoms with Gasteiger partial charge in [0.2, 0.25) is 0 Å². The molecule has 6 nitrogen and oxygen atoms in total. The van der Waals surface area contributed by atoms with E-state index in [1.54, 1.807) is 0 Å². The van der Waals surface area contributed by atoms with Crippen molar-refractivity contribution in [1.82, 2.24) is 9.97 Å². The Bertz CT molecular complexity index is 747. The van der Waals surface area contributed by atoms with Crippen LogP contribution in [0.2, 0.25) is 0 Å². The molecule has 26 heavy (non-hydrogen) atoms. The van der Waals surface area contributed by atoms with Crippen LogP contribution in [0.4, 0.5) is 17.3 Å². The highest BCUT2D eigenvalue weighted by molar-refractivity contribution is 5.60. The summed E-state index contributed by atoms with van der Waals surface area (Å²) in [6.07, 6.45) is 2.79. The van der Waals surface area contributed by atoms with Gasteiger partial charge in [-0.05, 0) is 31.0 Å². The highest BCUT2D eigenvalue weighted by atomic mass is 16.7. The van der Waals surface area contributed by atoms with E-state index >= 15 is 0 Å². The second-order valence-electron chi connectivity index (χ2n) is 6.93. The van der Waals surface area contributed by atoms with Crippen molar-refractivity contribution in [3.63, 3.8) is 0 Å². The lowest BCUT2D eigenvalue weighted by atomic mass is 10.0. The van der Waals surface area contributed by atoms with Crippen LogP contribution >= 0.6 is 0 Å². The first-order chi connectivity index (χ1) is 12.7. The van der Waals surface area contributed by atoms with Crippen LogP contribution in [0.1, 0.15) is 31.2 Å². The van der Waals surface area contributed by atoms with E-state index in [-0.39, 0.29) is 5.79 Å². The number of rotatable bonds is 4. The average molecular weight is 354 g/mol. The van der Waals surface area contributed by atoms with E-state index in [2.05, 4.69) is 51.4 Å². The molecule has 138 valence electrons. The minimum atomic E-state index is -0.360. The van der Waals surface area contributed by atoms with Gasteiger partial charge in [0, 0.05) is 37.7 Å². The Labute approximate surface area is 154 Å². The lowest BCUT2D eigenvalue weighted by molar-refractivity contribution is -0.169. The van der Waals surface area contributed by atoms with E-state index in [0.29, 0.717) is 13.2 Å². The number of piperidine rings is 1. The summed E-state index contributed by atoms with van der Waals surface area (Å²) < 4.78 is 11.6. The predicted octanol–water partition coefficient (Wildman–Crippen LogP) is 3.43. The third kappa shape index (κ3) is 3.66. The normalized spacial score (nSPS) is 19.1. The summed E-state index contributed by atoms with van der Waals surface area (Å²) in [5, 5.41) is 3.40. The van der Waals surface area contributed by atoms with Gasteiger partial charge in [0.05, 0.1) is 13.2 Å². The van der Waals surface area contributed by atoms with Gasteiger partial charge in [-0.3, -0.25) is 0 Å². The molecule has 1 aromatic heterocycles. The second kappa shape index (κ2) is 7.21. The molecule has 0 saturated carbocycles. The van der Waals surface area contributed by atoms with Gasteiger partial charge in [0.1, 0.15) is 17.5 Å². The van der Waals surface area contributed by atoms with Crippen molar-refractivity contribution < 1.29 is 9.47 Å². The summed E-state index contributed by atoms with van der Waals surface area (Å²) in [5.74, 6) is 2.19. The SMILES string of the molecule is CCc1ccc(Nc2cc(N3CCC4(CC3)OCCO4)nc(C)n2)cc1. The van der Waals surface area contributed by atoms with E-state index in [1.165, 1.54) is 5.56 Å². The fourth-order valence-electron chi connectivity index (χ4n) is 3.61. The van der Waals surface area contributed by atoms with Gasteiger partial charge < -0.3 is 19.7 Å². The smallest absolute Gasteiger partial charge is 0.171 e. The average Bonchev–Trinajstić information content (AvgIpc) is 3.10. The standard InChI is InChI=1S/C20H26N4O2/c1-3-16-4-6-17(7-5-16)23-18-14-19(22-15(2)21-18)24-10-8-20(9-11-24)25-12-13-26-20/h4-7,14H,3,8-13H2,1-2H3,(H,21,22,23). The zero-order valence-corrected chi connectivity index (χ0v) is 15.5.